The molecule has 120 valence electrons. The molecule has 0 bridgehead atoms. The highest BCUT2D eigenvalue weighted by atomic mass is 16.7. The molecule has 0 radical (unpaired) electrons. The quantitative estimate of drug-likeness (QED) is 0.306. The number of nitro benzene ring substituents is 1. The van der Waals surface area contributed by atoms with Crippen molar-refractivity contribution in [2.45, 2.75) is 6.61 Å². The fourth-order valence-electron chi connectivity index (χ4n) is 2.32. The van der Waals surface area contributed by atoms with Crippen LogP contribution >= 0.6 is 0 Å². The molecule has 6 heteroatoms. The predicted octanol–water partition coefficient (Wildman–Crippen LogP) is 4.46. The summed E-state index contributed by atoms with van der Waals surface area (Å²) in [7, 11) is 0. The maximum Gasteiger partial charge on any atom is 0.514 e. The minimum atomic E-state index is -0.864. The van der Waals surface area contributed by atoms with Crippen LogP contribution in [0.15, 0.2) is 66.7 Å². The van der Waals surface area contributed by atoms with Gasteiger partial charge in [-0.1, -0.05) is 42.5 Å². The molecule has 6 nitrogen and oxygen atoms in total. The molecule has 24 heavy (non-hydrogen) atoms. The Labute approximate surface area is 137 Å². The van der Waals surface area contributed by atoms with E-state index >= 15 is 0 Å². The van der Waals surface area contributed by atoms with Crippen LogP contribution < -0.4 is 4.74 Å². The first-order valence-corrected chi connectivity index (χ1v) is 7.19. The number of carbonyl (C=O) groups is 1. The fraction of sp³-hybridized carbons (Fsp3) is 0.0556. The van der Waals surface area contributed by atoms with Crippen LogP contribution in [-0.2, 0) is 11.3 Å². The van der Waals surface area contributed by atoms with E-state index in [1.165, 1.54) is 24.3 Å². The lowest BCUT2D eigenvalue weighted by atomic mass is 10.1. The highest BCUT2D eigenvalue weighted by molar-refractivity contribution is 5.85. The van der Waals surface area contributed by atoms with Crippen molar-refractivity contribution in [2.75, 3.05) is 0 Å². The smallest absolute Gasteiger partial charge is 0.429 e. The number of ether oxygens (including phenoxy) is 2. The summed E-state index contributed by atoms with van der Waals surface area (Å²) in [4.78, 5) is 21.8. The van der Waals surface area contributed by atoms with Crippen LogP contribution in [0.3, 0.4) is 0 Å². The molecule has 0 aliphatic carbocycles. The molecule has 0 unspecified atom stereocenters. The van der Waals surface area contributed by atoms with Crippen molar-refractivity contribution in [3.63, 3.8) is 0 Å². The standard InChI is InChI=1S/C18H13NO5/c20-18(24-16-10-8-15(9-11-16)19(21)22)23-12-14-6-3-5-13-4-1-2-7-17(13)14/h1-11H,12H2. The van der Waals surface area contributed by atoms with Gasteiger partial charge in [0.2, 0.25) is 0 Å². The van der Waals surface area contributed by atoms with Crippen LogP contribution in [0.5, 0.6) is 5.75 Å². The first-order valence-electron chi connectivity index (χ1n) is 7.19. The third-order valence-corrected chi connectivity index (χ3v) is 3.47. The second kappa shape index (κ2) is 6.78. The summed E-state index contributed by atoms with van der Waals surface area (Å²) in [6.45, 7) is 0.0766. The summed E-state index contributed by atoms with van der Waals surface area (Å²) in [6, 6.07) is 18.7. The molecule has 0 aromatic heterocycles. The highest BCUT2D eigenvalue weighted by Gasteiger charge is 2.10. The molecular weight excluding hydrogens is 310 g/mol. The highest BCUT2D eigenvalue weighted by Crippen LogP contribution is 2.20. The van der Waals surface area contributed by atoms with Crippen LogP contribution in [0, 0.1) is 10.1 Å². The van der Waals surface area contributed by atoms with E-state index in [0.29, 0.717) is 0 Å². The summed E-state index contributed by atoms with van der Waals surface area (Å²) in [6.07, 6.45) is -0.864. The third-order valence-electron chi connectivity index (χ3n) is 3.47. The lowest BCUT2D eigenvalue weighted by Gasteiger charge is -2.08. The fourth-order valence-corrected chi connectivity index (χ4v) is 2.32. The Kier molecular flexibility index (Phi) is 4.38. The molecule has 3 aromatic carbocycles. The van der Waals surface area contributed by atoms with E-state index in [4.69, 9.17) is 9.47 Å². The van der Waals surface area contributed by atoms with E-state index in [0.717, 1.165) is 16.3 Å². The first kappa shape index (κ1) is 15.5. The van der Waals surface area contributed by atoms with E-state index in [-0.39, 0.29) is 18.0 Å². The Morgan fingerprint density at radius 3 is 2.42 bits per heavy atom. The topological polar surface area (TPSA) is 78.7 Å². The van der Waals surface area contributed by atoms with Crippen molar-refractivity contribution in [2.24, 2.45) is 0 Å². The van der Waals surface area contributed by atoms with Crippen LogP contribution in [0.1, 0.15) is 5.56 Å². The van der Waals surface area contributed by atoms with Crippen molar-refractivity contribution in [1.29, 1.82) is 0 Å². The number of nitro groups is 1. The molecule has 0 saturated heterocycles. The van der Waals surface area contributed by atoms with E-state index < -0.39 is 11.1 Å². The van der Waals surface area contributed by atoms with E-state index in [2.05, 4.69) is 0 Å². The van der Waals surface area contributed by atoms with Gasteiger partial charge in [-0.25, -0.2) is 4.79 Å². The van der Waals surface area contributed by atoms with Gasteiger partial charge < -0.3 is 9.47 Å². The van der Waals surface area contributed by atoms with Crippen molar-refractivity contribution in [3.05, 3.63) is 82.4 Å². The Morgan fingerprint density at radius 2 is 1.67 bits per heavy atom. The average molecular weight is 323 g/mol. The normalized spacial score (nSPS) is 10.3. The number of nitrogens with zero attached hydrogens (tertiary/aromatic N) is 1. The molecule has 0 atom stereocenters. The van der Waals surface area contributed by atoms with E-state index in [1.54, 1.807) is 0 Å². The van der Waals surface area contributed by atoms with Gasteiger partial charge in [-0.15, -0.1) is 0 Å². The lowest BCUT2D eigenvalue weighted by Crippen LogP contribution is -2.10. The summed E-state index contributed by atoms with van der Waals surface area (Å²) >= 11 is 0. The zero-order valence-electron chi connectivity index (χ0n) is 12.5. The monoisotopic (exact) mass is 323 g/mol. The molecule has 0 aliphatic heterocycles. The average Bonchev–Trinajstić information content (AvgIpc) is 2.60. The molecule has 0 spiro atoms. The van der Waals surface area contributed by atoms with Gasteiger partial charge in [0.05, 0.1) is 4.92 Å². The summed E-state index contributed by atoms with van der Waals surface area (Å²) < 4.78 is 10.1. The Bertz CT molecular complexity index is 884. The van der Waals surface area contributed by atoms with Gasteiger partial charge in [0.25, 0.3) is 5.69 Å². The maximum absolute atomic E-state index is 11.8. The number of hydrogen-bond acceptors (Lipinski definition) is 5. The molecule has 0 N–H and O–H groups in total. The van der Waals surface area contributed by atoms with Crippen molar-refractivity contribution >= 4 is 22.6 Å². The minimum Gasteiger partial charge on any atom is -0.429 e. The summed E-state index contributed by atoms with van der Waals surface area (Å²) in [5.74, 6) is 0.184. The Morgan fingerprint density at radius 1 is 0.958 bits per heavy atom. The number of carbonyl (C=O) groups excluding carboxylic acids is 1. The van der Waals surface area contributed by atoms with Gasteiger partial charge in [-0.3, -0.25) is 10.1 Å². The SMILES string of the molecule is O=C(OCc1cccc2ccccc12)Oc1ccc([N+](=O)[O-])cc1. The van der Waals surface area contributed by atoms with E-state index in [1.807, 2.05) is 42.5 Å². The molecule has 0 fully saturated rings. The van der Waals surface area contributed by atoms with Crippen molar-refractivity contribution < 1.29 is 19.2 Å². The number of non-ortho nitro benzene ring substituents is 1. The second-order valence-electron chi connectivity index (χ2n) is 5.03. The third kappa shape index (κ3) is 3.49. The molecule has 0 aliphatic rings. The first-order chi connectivity index (χ1) is 11.6. The van der Waals surface area contributed by atoms with Crippen LogP contribution in [0.2, 0.25) is 0 Å². The Hall–Kier alpha value is -3.41. The molecular formula is C18H13NO5. The number of fused-ring (bicyclic) bond motifs is 1. The van der Waals surface area contributed by atoms with Crippen molar-refractivity contribution in [1.82, 2.24) is 0 Å². The number of rotatable bonds is 4. The molecule has 3 rings (SSSR count). The van der Waals surface area contributed by atoms with E-state index in [9.17, 15) is 14.9 Å². The van der Waals surface area contributed by atoms with Crippen LogP contribution in [0.25, 0.3) is 10.8 Å². The molecule has 0 heterocycles. The summed E-state index contributed by atoms with van der Waals surface area (Å²) in [5.41, 5.74) is 0.792. The number of hydrogen-bond donors (Lipinski definition) is 0. The van der Waals surface area contributed by atoms with Crippen LogP contribution in [-0.4, -0.2) is 11.1 Å². The van der Waals surface area contributed by atoms with Crippen molar-refractivity contribution in [3.8, 4) is 5.75 Å². The molecule has 3 aromatic rings. The zero-order valence-corrected chi connectivity index (χ0v) is 12.5. The largest absolute Gasteiger partial charge is 0.514 e. The zero-order chi connectivity index (χ0) is 16.9. The second-order valence-corrected chi connectivity index (χ2v) is 5.03. The predicted molar refractivity (Wildman–Crippen MR) is 87.9 cm³/mol. The number of benzene rings is 3. The van der Waals surface area contributed by atoms with Gasteiger partial charge in [0, 0.05) is 12.1 Å². The van der Waals surface area contributed by atoms with Gasteiger partial charge in [-0.2, -0.15) is 0 Å². The molecule has 0 amide bonds. The maximum atomic E-state index is 11.8. The minimum absolute atomic E-state index is 0.0766. The van der Waals surface area contributed by atoms with Gasteiger partial charge >= 0.3 is 6.16 Å². The lowest BCUT2D eigenvalue weighted by molar-refractivity contribution is -0.384. The molecule has 0 saturated carbocycles. The van der Waals surface area contributed by atoms with Gasteiger partial charge in [0.1, 0.15) is 12.4 Å². The summed E-state index contributed by atoms with van der Waals surface area (Å²) in [5, 5.41) is 12.6. The Balaban J connectivity index is 1.64. The van der Waals surface area contributed by atoms with Gasteiger partial charge in [0.15, 0.2) is 0 Å². The van der Waals surface area contributed by atoms with Crippen LogP contribution in [0.4, 0.5) is 10.5 Å². The van der Waals surface area contributed by atoms with Gasteiger partial charge in [-0.05, 0) is 28.5 Å².